The molecule has 2 nitrogen and oxygen atoms in total. The molecule has 0 fully saturated rings. The van der Waals surface area contributed by atoms with Gasteiger partial charge in [0.05, 0.1) is 6.10 Å². The van der Waals surface area contributed by atoms with E-state index in [9.17, 15) is 5.11 Å². The topological polar surface area (TPSA) is 46.2 Å². The summed E-state index contributed by atoms with van der Waals surface area (Å²) in [6, 6.07) is 14.8. The second-order valence-electron chi connectivity index (χ2n) is 6.19. The molecule has 110 valence electrons. The van der Waals surface area contributed by atoms with Gasteiger partial charge in [-0.25, -0.2) is 0 Å². The van der Waals surface area contributed by atoms with Gasteiger partial charge < -0.3 is 10.8 Å². The van der Waals surface area contributed by atoms with Crippen molar-refractivity contribution in [1.29, 1.82) is 0 Å². The number of rotatable bonds is 4. The van der Waals surface area contributed by atoms with Crippen LogP contribution >= 0.6 is 0 Å². The molecule has 1 aliphatic carbocycles. The second-order valence-corrected chi connectivity index (χ2v) is 6.19. The zero-order chi connectivity index (χ0) is 15.0. The molecule has 3 N–H and O–H groups in total. The van der Waals surface area contributed by atoms with Gasteiger partial charge >= 0.3 is 0 Å². The largest absolute Gasteiger partial charge is 0.392 e. The first kappa shape index (κ1) is 14.3. The molecule has 0 amide bonds. The van der Waals surface area contributed by atoms with Gasteiger partial charge in [-0.1, -0.05) is 42.5 Å². The van der Waals surface area contributed by atoms with Gasteiger partial charge in [0.2, 0.25) is 0 Å². The standard InChI is InChI=1S/C19H23NO/c1-12-7-8-15(9-13(12)2)18(11-20)19(21)17-10-14-5-3-4-6-16(14)17/h3-9,17-19,21H,10-11,20H2,1-2H3. The van der Waals surface area contributed by atoms with Crippen LogP contribution in [0.4, 0.5) is 0 Å². The Labute approximate surface area is 126 Å². The number of aliphatic hydroxyl groups excluding tert-OH is 1. The Morgan fingerprint density at radius 1 is 1.14 bits per heavy atom. The lowest BCUT2D eigenvalue weighted by molar-refractivity contribution is 0.106. The zero-order valence-electron chi connectivity index (χ0n) is 12.7. The van der Waals surface area contributed by atoms with E-state index in [1.54, 1.807) is 0 Å². The van der Waals surface area contributed by atoms with Gasteiger partial charge in [0, 0.05) is 18.4 Å². The fourth-order valence-corrected chi connectivity index (χ4v) is 3.35. The number of aryl methyl sites for hydroxylation is 2. The highest BCUT2D eigenvalue weighted by Gasteiger charge is 2.36. The summed E-state index contributed by atoms with van der Waals surface area (Å²) in [7, 11) is 0. The van der Waals surface area contributed by atoms with Gasteiger partial charge in [0.25, 0.3) is 0 Å². The predicted octanol–water partition coefficient (Wildman–Crippen LogP) is 3.05. The first-order chi connectivity index (χ1) is 10.1. The summed E-state index contributed by atoms with van der Waals surface area (Å²) in [5.74, 6) is 0.221. The third-order valence-electron chi connectivity index (χ3n) is 4.93. The summed E-state index contributed by atoms with van der Waals surface area (Å²) in [4.78, 5) is 0. The monoisotopic (exact) mass is 281 g/mol. The molecule has 3 unspecified atom stereocenters. The maximum Gasteiger partial charge on any atom is 0.0692 e. The Balaban J connectivity index is 1.85. The van der Waals surface area contributed by atoms with Gasteiger partial charge in [0.1, 0.15) is 0 Å². The molecule has 0 saturated heterocycles. The fraction of sp³-hybridized carbons (Fsp3) is 0.368. The Morgan fingerprint density at radius 2 is 1.90 bits per heavy atom. The van der Waals surface area contributed by atoms with Crippen LogP contribution < -0.4 is 5.73 Å². The minimum absolute atomic E-state index is 0.00246. The Bertz CT molecular complexity index is 650. The van der Waals surface area contributed by atoms with Crippen LogP contribution in [0.5, 0.6) is 0 Å². The molecule has 0 spiro atoms. The summed E-state index contributed by atoms with van der Waals surface area (Å²) in [5.41, 5.74) is 12.3. The van der Waals surface area contributed by atoms with E-state index >= 15 is 0 Å². The first-order valence-corrected chi connectivity index (χ1v) is 7.65. The van der Waals surface area contributed by atoms with E-state index in [0.29, 0.717) is 6.54 Å². The molecule has 2 aromatic rings. The molecule has 21 heavy (non-hydrogen) atoms. The molecule has 0 bridgehead atoms. The summed E-state index contributed by atoms with van der Waals surface area (Å²) in [5, 5.41) is 10.8. The molecular formula is C19H23NO. The quantitative estimate of drug-likeness (QED) is 0.905. The summed E-state index contributed by atoms with van der Waals surface area (Å²) >= 11 is 0. The van der Waals surface area contributed by atoms with Crippen LogP contribution in [0.1, 0.15) is 39.7 Å². The van der Waals surface area contributed by atoms with Gasteiger partial charge in [0.15, 0.2) is 0 Å². The molecule has 0 aromatic heterocycles. The Hall–Kier alpha value is -1.64. The van der Waals surface area contributed by atoms with Crippen molar-refractivity contribution in [3.8, 4) is 0 Å². The third kappa shape index (κ3) is 2.50. The predicted molar refractivity (Wildman–Crippen MR) is 86.6 cm³/mol. The third-order valence-corrected chi connectivity index (χ3v) is 4.93. The van der Waals surface area contributed by atoms with E-state index in [-0.39, 0.29) is 11.8 Å². The van der Waals surface area contributed by atoms with Crippen molar-refractivity contribution in [3.05, 3.63) is 70.3 Å². The van der Waals surface area contributed by atoms with Crippen LogP contribution in [0.2, 0.25) is 0 Å². The van der Waals surface area contributed by atoms with Crippen LogP contribution in [-0.4, -0.2) is 17.8 Å². The number of hydrogen-bond acceptors (Lipinski definition) is 2. The van der Waals surface area contributed by atoms with Crippen molar-refractivity contribution in [3.63, 3.8) is 0 Å². The maximum atomic E-state index is 10.8. The molecule has 0 radical (unpaired) electrons. The fourth-order valence-electron chi connectivity index (χ4n) is 3.35. The molecular weight excluding hydrogens is 258 g/mol. The molecule has 2 aromatic carbocycles. The average molecular weight is 281 g/mol. The maximum absolute atomic E-state index is 10.8. The Kier molecular flexibility index (Phi) is 3.83. The van der Waals surface area contributed by atoms with Gasteiger partial charge in [-0.2, -0.15) is 0 Å². The van der Waals surface area contributed by atoms with Crippen molar-refractivity contribution in [2.24, 2.45) is 5.73 Å². The van der Waals surface area contributed by atoms with Crippen LogP contribution in [0.3, 0.4) is 0 Å². The second kappa shape index (κ2) is 5.63. The van der Waals surface area contributed by atoms with Crippen molar-refractivity contribution in [2.75, 3.05) is 6.54 Å². The van der Waals surface area contributed by atoms with Crippen molar-refractivity contribution in [1.82, 2.24) is 0 Å². The van der Waals surface area contributed by atoms with Crippen LogP contribution in [0, 0.1) is 13.8 Å². The Morgan fingerprint density at radius 3 is 2.57 bits per heavy atom. The molecule has 2 heteroatoms. The van der Waals surface area contributed by atoms with E-state index < -0.39 is 6.10 Å². The van der Waals surface area contributed by atoms with Crippen molar-refractivity contribution in [2.45, 2.75) is 38.2 Å². The first-order valence-electron chi connectivity index (χ1n) is 7.65. The van der Waals surface area contributed by atoms with E-state index in [0.717, 1.165) is 12.0 Å². The lowest BCUT2D eigenvalue weighted by Crippen LogP contribution is -2.36. The van der Waals surface area contributed by atoms with E-state index in [4.69, 9.17) is 5.73 Å². The van der Waals surface area contributed by atoms with Gasteiger partial charge in [-0.05, 0) is 48.1 Å². The number of fused-ring (bicyclic) bond motifs is 1. The smallest absolute Gasteiger partial charge is 0.0692 e. The normalized spacial score (nSPS) is 19.5. The highest BCUT2D eigenvalue weighted by atomic mass is 16.3. The van der Waals surface area contributed by atoms with Crippen molar-refractivity contribution >= 4 is 0 Å². The molecule has 0 aliphatic heterocycles. The summed E-state index contributed by atoms with van der Waals surface area (Å²) < 4.78 is 0. The molecule has 0 heterocycles. The summed E-state index contributed by atoms with van der Waals surface area (Å²) in [6.45, 7) is 4.69. The van der Waals surface area contributed by atoms with Crippen molar-refractivity contribution < 1.29 is 5.11 Å². The SMILES string of the molecule is Cc1ccc(C(CN)C(O)C2Cc3ccccc32)cc1C. The lowest BCUT2D eigenvalue weighted by atomic mass is 9.70. The van der Waals surface area contributed by atoms with E-state index in [1.165, 1.54) is 22.3 Å². The van der Waals surface area contributed by atoms with E-state index in [2.05, 4.69) is 50.2 Å². The number of benzene rings is 2. The zero-order valence-corrected chi connectivity index (χ0v) is 12.7. The molecule has 3 atom stereocenters. The number of hydrogen-bond donors (Lipinski definition) is 2. The number of aliphatic hydroxyl groups is 1. The highest BCUT2D eigenvalue weighted by Crippen LogP contribution is 2.41. The highest BCUT2D eigenvalue weighted by molar-refractivity contribution is 5.42. The van der Waals surface area contributed by atoms with Crippen LogP contribution in [0.15, 0.2) is 42.5 Å². The van der Waals surface area contributed by atoms with Gasteiger partial charge in [-0.15, -0.1) is 0 Å². The number of nitrogens with two attached hydrogens (primary N) is 1. The summed E-state index contributed by atoms with van der Waals surface area (Å²) in [6.07, 6.45) is 0.547. The van der Waals surface area contributed by atoms with Crippen LogP contribution in [0.25, 0.3) is 0 Å². The minimum atomic E-state index is -0.410. The molecule has 0 saturated carbocycles. The minimum Gasteiger partial charge on any atom is -0.392 e. The van der Waals surface area contributed by atoms with Gasteiger partial charge in [-0.3, -0.25) is 0 Å². The average Bonchev–Trinajstić information content (AvgIpc) is 2.45. The lowest BCUT2D eigenvalue weighted by Gasteiger charge is -2.37. The molecule has 1 aliphatic rings. The van der Waals surface area contributed by atoms with E-state index in [1.807, 2.05) is 6.07 Å². The molecule has 3 rings (SSSR count). The van der Waals surface area contributed by atoms with Crippen LogP contribution in [-0.2, 0) is 6.42 Å².